The maximum atomic E-state index is 4.59. The van der Waals surface area contributed by atoms with Gasteiger partial charge in [0.2, 0.25) is 0 Å². The van der Waals surface area contributed by atoms with Crippen LogP contribution in [-0.4, -0.2) is 168 Å². The van der Waals surface area contributed by atoms with Gasteiger partial charge < -0.3 is 0 Å². The Bertz CT molecular complexity index is 4980. The SMILES string of the molecule is Cc1cc2n[se]nc2c(C)n1.Cc1cc2n[se]nc2cc1C.Cc1cc2nonc2c(C)n1.Cc1cc2nsnc2c(C)n1.Cc1cc2nsnc2cc1C.Cc1ccc(C)c2n[se]nc12.Cc1cnc(C)c2n[se]nc12.Cc1cnc(C)c2nonc12.Cc1cnc(C)c2nsnc12. The first-order chi connectivity index (χ1) is 47.5. The standard InChI is InChI=1S/C8H8N2S.2C8H8N2Se.2C7H7N3O.2C7H7N3S.2C7H7N3Se/c2*1-5-3-7-8(4-6(5)2)10-11-9-7;1-5-3-4-6(2)8-7(5)9-11-10-8;1-4-3-8-5(2)7-6(4)9-11-10-7;1-4-3-6-7(5(2)8-4)10-11-9-6;1-4-3-8-5(2)7-6(4)9-11-10-7;1-4-3-6-7(5(2)8-4)10-11-9-6;1-4-3-8-5(2)7-6(4)9-11-10-7;1-4-3-6-7(5(2)8-4)10-11-9-6/h3*3-4H,1-2H3;6*3H,1-2H3. The van der Waals surface area contributed by atoms with E-state index in [-0.39, 0.29) is 59.8 Å². The fourth-order valence-electron chi connectivity index (χ4n) is 9.46. The van der Waals surface area contributed by atoms with E-state index < -0.39 is 0 Å². The summed E-state index contributed by atoms with van der Waals surface area (Å²) in [7, 11) is 0. The molecule has 0 spiro atoms. The Morgan fingerprint density at radius 3 is 1.15 bits per heavy atom. The summed E-state index contributed by atoms with van der Waals surface area (Å²) in [5, 5.41) is 14.9. The molecule has 18 aromatic rings. The zero-order chi connectivity index (χ0) is 70.6. The van der Waals surface area contributed by atoms with Crippen LogP contribution in [0.2, 0.25) is 0 Å². The van der Waals surface area contributed by atoms with Crippen LogP contribution in [0.3, 0.4) is 0 Å². The molecule has 26 nitrogen and oxygen atoms in total. The van der Waals surface area contributed by atoms with E-state index in [1.165, 1.54) is 68.6 Å². The Kier molecular flexibility index (Phi) is 24.7. The summed E-state index contributed by atoms with van der Waals surface area (Å²) < 4.78 is 68.5. The molecule has 0 radical (unpaired) electrons. The first kappa shape index (κ1) is 73.0. The number of hydrogen-bond donors (Lipinski definition) is 0. The van der Waals surface area contributed by atoms with Crippen LogP contribution in [0.4, 0.5) is 0 Å². The minimum atomic E-state index is 0.0703. The Morgan fingerprint density at radius 1 is 0.242 bits per heavy atom. The first-order valence-corrected chi connectivity index (χ1v) is 38.7. The van der Waals surface area contributed by atoms with Crippen LogP contribution in [0.15, 0.2) is 82.4 Å². The van der Waals surface area contributed by atoms with Crippen molar-refractivity contribution in [3.05, 3.63) is 175 Å². The molecule has 3 aromatic carbocycles. The molecule has 0 saturated heterocycles. The van der Waals surface area contributed by atoms with Gasteiger partial charge in [-0.3, -0.25) is 19.9 Å². The van der Waals surface area contributed by atoms with Gasteiger partial charge in [-0.2, -0.15) is 26.2 Å². The van der Waals surface area contributed by atoms with Crippen LogP contribution in [0.5, 0.6) is 0 Å². The van der Waals surface area contributed by atoms with Gasteiger partial charge in [0.15, 0.2) is 11.0 Å². The van der Waals surface area contributed by atoms with Gasteiger partial charge in [0.25, 0.3) is 0 Å². The summed E-state index contributed by atoms with van der Waals surface area (Å²) in [6, 6.07) is 18.4. The molecule has 0 unspecified atom stereocenters. The molecule has 0 atom stereocenters. The van der Waals surface area contributed by atoms with Gasteiger partial charge in [-0.25, -0.2) is 9.26 Å². The number of hydrogen-bond acceptors (Lipinski definition) is 29. The largest absolute Gasteiger partial charge is 0.259 e. The number of aromatic nitrogens is 24. The van der Waals surface area contributed by atoms with Gasteiger partial charge in [0.1, 0.15) is 44.1 Å². The second kappa shape index (κ2) is 33.4. The summed E-state index contributed by atoms with van der Waals surface area (Å²) >= 11 is 4.11. The number of aryl methyl sites for hydroxylation is 18. The van der Waals surface area contributed by atoms with Crippen LogP contribution in [0.1, 0.15) is 101 Å². The van der Waals surface area contributed by atoms with Crippen molar-refractivity contribution >= 4 is 194 Å². The Labute approximate surface area is 606 Å². The monoisotopic (exact) mass is 1640 g/mol. The molecule has 504 valence electrons. The van der Waals surface area contributed by atoms with Crippen molar-refractivity contribution in [1.82, 2.24) is 109 Å². The summed E-state index contributed by atoms with van der Waals surface area (Å²) in [5.74, 6) is 0. The van der Waals surface area contributed by atoms with Crippen molar-refractivity contribution in [3.8, 4) is 0 Å². The minimum absolute atomic E-state index is 0.0703. The molecule has 99 heavy (non-hydrogen) atoms. The molecule has 0 amide bonds. The number of pyridine rings is 6. The zero-order valence-corrected chi connectivity index (χ0v) is 66.6. The van der Waals surface area contributed by atoms with Gasteiger partial charge in [-0.05, 0) is 136 Å². The second-order valence-corrected chi connectivity index (χ2v) is 29.0. The molecule has 0 aliphatic rings. The molecule has 0 saturated carbocycles. The zero-order valence-electron chi connectivity index (χ0n) is 57.3. The third-order valence-electron chi connectivity index (χ3n) is 15.2. The van der Waals surface area contributed by atoms with E-state index in [2.05, 4.69) is 196 Å². The molecular formula is C66H66N24O2S3Se4. The molecule has 0 aliphatic carbocycles. The average molecular weight is 1640 g/mol. The van der Waals surface area contributed by atoms with Crippen molar-refractivity contribution < 1.29 is 9.26 Å². The normalized spacial score (nSPS) is 10.7. The van der Waals surface area contributed by atoms with Gasteiger partial charge in [0, 0.05) is 23.8 Å². The molecule has 0 bridgehead atoms. The topological polar surface area (TPSA) is 336 Å². The summed E-state index contributed by atoms with van der Waals surface area (Å²) in [5.41, 5.74) is 36.9. The van der Waals surface area contributed by atoms with Crippen LogP contribution in [0.25, 0.3) is 99.3 Å². The van der Waals surface area contributed by atoms with E-state index >= 15 is 0 Å². The molecule has 33 heteroatoms. The summed E-state index contributed by atoms with van der Waals surface area (Å²) in [6.45, 7) is 36.0. The van der Waals surface area contributed by atoms with Crippen molar-refractivity contribution in [2.45, 2.75) is 125 Å². The van der Waals surface area contributed by atoms with E-state index in [1.807, 2.05) is 114 Å². The number of fused-ring (bicyclic) bond motifs is 9. The smallest absolute Gasteiger partial charge is 0.156 e. The maximum absolute atomic E-state index is 4.59. The third kappa shape index (κ3) is 18.2. The number of benzene rings is 3. The predicted octanol–water partition coefficient (Wildman–Crippen LogP) is 12.2. The van der Waals surface area contributed by atoms with E-state index in [4.69, 9.17) is 0 Å². The molecule has 15 aromatic heterocycles. The second-order valence-electron chi connectivity index (χ2n) is 22.9. The predicted molar refractivity (Wildman–Crippen MR) is 394 cm³/mol. The Balaban J connectivity index is 0.000000120. The number of rotatable bonds is 0. The average Bonchev–Trinajstić information content (AvgIpc) is 1.76. The molecule has 0 aliphatic heterocycles. The van der Waals surface area contributed by atoms with Gasteiger partial charge in [0.05, 0.1) is 58.0 Å². The molecule has 0 fully saturated rings. The van der Waals surface area contributed by atoms with Crippen molar-refractivity contribution in [3.63, 3.8) is 0 Å². The maximum Gasteiger partial charge on any atom is 0.156 e. The Hall–Kier alpha value is -8.70. The van der Waals surface area contributed by atoms with Crippen LogP contribution >= 0.6 is 35.2 Å². The molecule has 18 rings (SSSR count). The van der Waals surface area contributed by atoms with Gasteiger partial charge in [-0.1, -0.05) is 0 Å². The quantitative estimate of drug-likeness (QED) is 0.127. The fraction of sp³-hybridized carbons (Fsp3) is 0.273. The van der Waals surface area contributed by atoms with Gasteiger partial charge >= 0.3 is 283 Å². The van der Waals surface area contributed by atoms with Crippen molar-refractivity contribution in [1.29, 1.82) is 0 Å². The van der Waals surface area contributed by atoms with Crippen LogP contribution in [0, 0.1) is 125 Å². The Morgan fingerprint density at radius 2 is 0.596 bits per heavy atom. The molecular weight excluding hydrogens is 1570 g/mol. The minimum Gasteiger partial charge on any atom is -0.259 e. The van der Waals surface area contributed by atoms with E-state index in [1.54, 1.807) is 6.20 Å². The van der Waals surface area contributed by atoms with Crippen LogP contribution < -0.4 is 0 Å². The summed E-state index contributed by atoms with van der Waals surface area (Å²) in [4.78, 5) is 25.3. The summed E-state index contributed by atoms with van der Waals surface area (Å²) in [6.07, 6.45) is 5.45. The van der Waals surface area contributed by atoms with Crippen LogP contribution in [-0.2, 0) is 0 Å². The van der Waals surface area contributed by atoms with E-state index in [9.17, 15) is 0 Å². The molecule has 0 N–H and O–H groups in total. The van der Waals surface area contributed by atoms with E-state index in [0.717, 1.165) is 167 Å². The number of nitrogens with zero attached hydrogens (tertiary/aromatic N) is 24. The first-order valence-electron chi connectivity index (χ1n) is 30.4. The van der Waals surface area contributed by atoms with Crippen molar-refractivity contribution in [2.75, 3.05) is 0 Å². The van der Waals surface area contributed by atoms with Gasteiger partial charge in [-0.15, -0.1) is 0 Å². The third-order valence-corrected chi connectivity index (χ3v) is 21.3. The van der Waals surface area contributed by atoms with E-state index in [0.29, 0.717) is 0 Å². The molecule has 15 heterocycles. The van der Waals surface area contributed by atoms with Crippen molar-refractivity contribution in [2.24, 2.45) is 0 Å². The fourth-order valence-corrected chi connectivity index (χ4v) is 16.2.